The van der Waals surface area contributed by atoms with Gasteiger partial charge in [0.2, 0.25) is 0 Å². The van der Waals surface area contributed by atoms with E-state index in [2.05, 4.69) is 5.43 Å². The van der Waals surface area contributed by atoms with Gasteiger partial charge in [0.15, 0.2) is 0 Å². The monoisotopic (exact) mass is 237 g/mol. The molecule has 2 rings (SSSR count). The smallest absolute Gasteiger partial charge is 0.272 e. The van der Waals surface area contributed by atoms with Crippen LogP contribution < -0.4 is 5.43 Å². The van der Waals surface area contributed by atoms with E-state index in [9.17, 15) is 10.1 Å². The zero-order chi connectivity index (χ0) is 12.3. The zero-order valence-electron chi connectivity index (χ0n) is 9.68. The summed E-state index contributed by atoms with van der Waals surface area (Å²) in [4.78, 5) is 10.3. The number of hydrogen-bond acceptors (Lipinski definition) is 5. The molecule has 0 aromatic heterocycles. The van der Waals surface area contributed by atoms with E-state index in [1.165, 1.54) is 6.07 Å². The van der Waals surface area contributed by atoms with Gasteiger partial charge in [0.25, 0.3) is 5.69 Å². The maximum atomic E-state index is 10.7. The number of anilines is 1. The fourth-order valence-corrected chi connectivity index (χ4v) is 1.79. The molecule has 0 amide bonds. The first-order valence-corrected chi connectivity index (χ1v) is 5.51. The van der Waals surface area contributed by atoms with Gasteiger partial charge in [-0.25, -0.2) is 5.01 Å². The molecule has 1 aliphatic heterocycles. The lowest BCUT2D eigenvalue weighted by atomic mass is 10.2. The maximum absolute atomic E-state index is 10.7. The summed E-state index contributed by atoms with van der Waals surface area (Å²) >= 11 is 0. The van der Waals surface area contributed by atoms with Crippen LogP contribution in [0.5, 0.6) is 0 Å². The Morgan fingerprint density at radius 1 is 1.41 bits per heavy atom. The summed E-state index contributed by atoms with van der Waals surface area (Å²) in [7, 11) is 0. The van der Waals surface area contributed by atoms with Crippen molar-refractivity contribution in [3.63, 3.8) is 0 Å². The van der Waals surface area contributed by atoms with Crippen LogP contribution in [-0.2, 0) is 4.74 Å². The van der Waals surface area contributed by atoms with Gasteiger partial charge < -0.3 is 10.2 Å². The predicted octanol–water partition coefficient (Wildman–Crippen LogP) is 1.56. The lowest BCUT2D eigenvalue weighted by molar-refractivity contribution is -0.385. The molecule has 1 aromatic rings. The number of aryl methyl sites for hydroxylation is 1. The summed E-state index contributed by atoms with van der Waals surface area (Å²) in [5.74, 6) is 0. The van der Waals surface area contributed by atoms with Crippen molar-refractivity contribution >= 4 is 11.4 Å². The molecule has 1 aliphatic rings. The van der Waals surface area contributed by atoms with Gasteiger partial charge in [0, 0.05) is 30.4 Å². The van der Waals surface area contributed by atoms with Gasteiger partial charge in [-0.15, -0.1) is 0 Å². The molecule has 6 heteroatoms. The van der Waals surface area contributed by atoms with Crippen molar-refractivity contribution < 1.29 is 9.66 Å². The third-order valence-electron chi connectivity index (χ3n) is 2.69. The van der Waals surface area contributed by atoms with Crippen molar-refractivity contribution in [2.45, 2.75) is 6.92 Å². The topological polar surface area (TPSA) is 67.6 Å². The molecule has 0 saturated carbocycles. The number of hydrogen-bond donors (Lipinski definition) is 1. The minimum atomic E-state index is -0.367. The van der Waals surface area contributed by atoms with E-state index in [-0.39, 0.29) is 10.6 Å². The number of hydrazine groups is 1. The van der Waals surface area contributed by atoms with E-state index in [1.54, 1.807) is 19.1 Å². The highest BCUT2D eigenvalue weighted by Gasteiger charge is 2.13. The molecule has 1 fully saturated rings. The quantitative estimate of drug-likeness (QED) is 0.638. The highest BCUT2D eigenvalue weighted by Crippen LogP contribution is 2.21. The van der Waals surface area contributed by atoms with Crippen molar-refractivity contribution in [1.29, 1.82) is 0 Å². The van der Waals surface area contributed by atoms with Gasteiger partial charge in [-0.2, -0.15) is 0 Å². The Balaban J connectivity index is 2.06. The van der Waals surface area contributed by atoms with E-state index in [0.717, 1.165) is 18.8 Å². The number of rotatable bonds is 3. The summed E-state index contributed by atoms with van der Waals surface area (Å²) in [5, 5.41) is 12.7. The van der Waals surface area contributed by atoms with Gasteiger partial charge in [0.1, 0.15) is 0 Å². The van der Waals surface area contributed by atoms with Crippen LogP contribution in [0.2, 0.25) is 0 Å². The van der Waals surface area contributed by atoms with Gasteiger partial charge in [0.05, 0.1) is 18.1 Å². The van der Waals surface area contributed by atoms with Gasteiger partial charge in [-0.05, 0) is 19.1 Å². The maximum Gasteiger partial charge on any atom is 0.272 e. The van der Waals surface area contributed by atoms with Crippen LogP contribution in [0.3, 0.4) is 0 Å². The van der Waals surface area contributed by atoms with E-state index >= 15 is 0 Å². The summed E-state index contributed by atoms with van der Waals surface area (Å²) in [6.45, 7) is 4.78. The van der Waals surface area contributed by atoms with E-state index < -0.39 is 0 Å². The third kappa shape index (κ3) is 2.92. The minimum Gasteiger partial charge on any atom is -0.379 e. The van der Waals surface area contributed by atoms with Crippen molar-refractivity contribution in [3.05, 3.63) is 33.9 Å². The molecule has 0 aliphatic carbocycles. The Kier molecular flexibility index (Phi) is 3.55. The zero-order valence-corrected chi connectivity index (χ0v) is 9.68. The molecule has 0 atom stereocenters. The summed E-state index contributed by atoms with van der Waals surface area (Å²) in [5.41, 5.74) is 4.90. The van der Waals surface area contributed by atoms with Crippen molar-refractivity contribution in [1.82, 2.24) is 5.01 Å². The number of benzene rings is 1. The largest absolute Gasteiger partial charge is 0.379 e. The average Bonchev–Trinajstić information content (AvgIpc) is 2.30. The van der Waals surface area contributed by atoms with E-state index in [4.69, 9.17) is 4.74 Å². The van der Waals surface area contributed by atoms with Gasteiger partial charge in [-0.3, -0.25) is 10.1 Å². The lowest BCUT2D eigenvalue weighted by Crippen LogP contribution is -2.40. The fourth-order valence-electron chi connectivity index (χ4n) is 1.79. The first kappa shape index (κ1) is 11.8. The summed E-state index contributed by atoms with van der Waals surface area (Å²) in [6, 6.07) is 5.03. The molecule has 6 nitrogen and oxygen atoms in total. The standard InChI is InChI=1S/C11H15N3O3/c1-9-8-10(2-3-11(9)14(15)16)12-13-4-6-17-7-5-13/h2-3,8,12H,4-7H2,1H3. The van der Waals surface area contributed by atoms with Crippen LogP contribution in [0.1, 0.15) is 5.56 Å². The highest BCUT2D eigenvalue weighted by molar-refractivity contribution is 5.53. The second-order valence-electron chi connectivity index (χ2n) is 3.97. The second kappa shape index (κ2) is 5.11. The van der Waals surface area contributed by atoms with Crippen molar-refractivity contribution in [2.24, 2.45) is 0 Å². The molecule has 1 N–H and O–H groups in total. The average molecular weight is 237 g/mol. The molecule has 1 saturated heterocycles. The number of nitro groups is 1. The number of nitro benzene ring substituents is 1. The Labute approximate surface area is 99.3 Å². The van der Waals surface area contributed by atoms with Crippen LogP contribution in [0.4, 0.5) is 11.4 Å². The van der Waals surface area contributed by atoms with Gasteiger partial charge in [-0.1, -0.05) is 0 Å². The Morgan fingerprint density at radius 3 is 2.71 bits per heavy atom. The molecule has 0 unspecified atom stereocenters. The molecule has 1 heterocycles. The molecule has 0 radical (unpaired) electrons. The molecule has 1 aromatic carbocycles. The summed E-state index contributed by atoms with van der Waals surface area (Å²) in [6.07, 6.45) is 0. The lowest BCUT2D eigenvalue weighted by Gasteiger charge is -2.28. The third-order valence-corrected chi connectivity index (χ3v) is 2.69. The fraction of sp³-hybridized carbons (Fsp3) is 0.455. The molecule has 92 valence electrons. The molecular weight excluding hydrogens is 222 g/mol. The van der Waals surface area contributed by atoms with Crippen LogP contribution in [-0.4, -0.2) is 36.2 Å². The second-order valence-corrected chi connectivity index (χ2v) is 3.97. The number of ether oxygens (including phenoxy) is 1. The number of morpholine rings is 1. The van der Waals surface area contributed by atoms with E-state index in [0.29, 0.717) is 18.8 Å². The predicted molar refractivity (Wildman–Crippen MR) is 63.8 cm³/mol. The Bertz CT molecular complexity index is 416. The SMILES string of the molecule is Cc1cc(NN2CCOCC2)ccc1[N+](=O)[O-]. The summed E-state index contributed by atoms with van der Waals surface area (Å²) < 4.78 is 5.24. The Morgan fingerprint density at radius 2 is 2.12 bits per heavy atom. The van der Waals surface area contributed by atoms with E-state index in [1.807, 2.05) is 5.01 Å². The Hall–Kier alpha value is -1.66. The normalized spacial score (nSPS) is 16.8. The highest BCUT2D eigenvalue weighted by atomic mass is 16.6. The van der Waals surface area contributed by atoms with Crippen LogP contribution in [0.15, 0.2) is 18.2 Å². The molecule has 17 heavy (non-hydrogen) atoms. The molecule has 0 bridgehead atoms. The van der Waals surface area contributed by atoms with Crippen molar-refractivity contribution in [2.75, 3.05) is 31.7 Å². The minimum absolute atomic E-state index is 0.150. The van der Waals surface area contributed by atoms with Crippen molar-refractivity contribution in [3.8, 4) is 0 Å². The number of nitrogens with zero attached hydrogens (tertiary/aromatic N) is 2. The number of nitrogens with one attached hydrogen (secondary N) is 1. The first-order chi connectivity index (χ1) is 8.16. The van der Waals surface area contributed by atoms with Crippen LogP contribution in [0.25, 0.3) is 0 Å². The molecule has 0 spiro atoms. The van der Waals surface area contributed by atoms with Crippen LogP contribution in [0, 0.1) is 17.0 Å². The van der Waals surface area contributed by atoms with Crippen LogP contribution >= 0.6 is 0 Å². The first-order valence-electron chi connectivity index (χ1n) is 5.51. The molecular formula is C11H15N3O3. The van der Waals surface area contributed by atoms with Gasteiger partial charge >= 0.3 is 0 Å².